The van der Waals surface area contributed by atoms with Gasteiger partial charge in [0.1, 0.15) is 17.9 Å². The zero-order valence-corrected chi connectivity index (χ0v) is 11.1. The first-order valence-electron chi connectivity index (χ1n) is 6.52. The third kappa shape index (κ3) is 2.56. The van der Waals surface area contributed by atoms with Crippen LogP contribution in [0.4, 0.5) is 15.8 Å². The van der Waals surface area contributed by atoms with Crippen LogP contribution in [0, 0.1) is 17.1 Å². The van der Waals surface area contributed by atoms with Crippen molar-refractivity contribution in [1.82, 2.24) is 0 Å². The van der Waals surface area contributed by atoms with E-state index in [0.29, 0.717) is 12.1 Å². The summed E-state index contributed by atoms with van der Waals surface area (Å²) in [6, 6.07) is 13.1. The van der Waals surface area contributed by atoms with Crippen LogP contribution in [0.25, 0.3) is 0 Å². The van der Waals surface area contributed by atoms with Gasteiger partial charge in [-0.1, -0.05) is 18.2 Å². The minimum absolute atomic E-state index is 0.0875. The number of carbonyl (C=O) groups is 1. The lowest BCUT2D eigenvalue weighted by Crippen LogP contribution is -2.32. The molecule has 1 aliphatic heterocycles. The summed E-state index contributed by atoms with van der Waals surface area (Å²) in [4.78, 5) is 12.2. The molecule has 1 atom stereocenters. The standard InChI is InChI=1S/C16H12FN3O/c17-13-6-5-12(7-11(13)9-18)19-16(21)15-8-10-3-1-2-4-14(10)20-15/h1-7,15,20H,8H2,(H,19,21). The zero-order chi connectivity index (χ0) is 14.8. The van der Waals surface area contributed by atoms with Gasteiger partial charge in [0.2, 0.25) is 5.91 Å². The summed E-state index contributed by atoms with van der Waals surface area (Å²) >= 11 is 0. The molecule has 0 saturated heterocycles. The second-order valence-electron chi connectivity index (χ2n) is 4.85. The third-order valence-corrected chi connectivity index (χ3v) is 3.44. The van der Waals surface area contributed by atoms with Gasteiger partial charge in [-0.15, -0.1) is 0 Å². The van der Waals surface area contributed by atoms with Gasteiger partial charge < -0.3 is 10.6 Å². The van der Waals surface area contributed by atoms with Gasteiger partial charge in [-0.25, -0.2) is 4.39 Å². The minimum atomic E-state index is -0.595. The maximum absolute atomic E-state index is 13.2. The number of hydrogen-bond acceptors (Lipinski definition) is 3. The van der Waals surface area contributed by atoms with Crippen LogP contribution in [0.2, 0.25) is 0 Å². The number of carbonyl (C=O) groups excluding carboxylic acids is 1. The molecule has 0 bridgehead atoms. The van der Waals surface area contributed by atoms with Gasteiger partial charge >= 0.3 is 0 Å². The predicted octanol–water partition coefficient (Wildman–Crippen LogP) is 2.67. The van der Waals surface area contributed by atoms with E-state index in [1.807, 2.05) is 24.3 Å². The molecule has 4 nitrogen and oxygen atoms in total. The van der Waals surface area contributed by atoms with Crippen LogP contribution < -0.4 is 10.6 Å². The van der Waals surface area contributed by atoms with Crippen molar-refractivity contribution in [2.24, 2.45) is 0 Å². The van der Waals surface area contributed by atoms with Crippen LogP contribution in [-0.2, 0) is 11.2 Å². The summed E-state index contributed by atoms with van der Waals surface area (Å²) in [5.41, 5.74) is 2.37. The number of para-hydroxylation sites is 1. The molecule has 5 heteroatoms. The number of fused-ring (bicyclic) bond motifs is 1. The zero-order valence-electron chi connectivity index (χ0n) is 11.1. The highest BCUT2D eigenvalue weighted by atomic mass is 19.1. The quantitative estimate of drug-likeness (QED) is 0.889. The SMILES string of the molecule is N#Cc1cc(NC(=O)C2Cc3ccccc3N2)ccc1F. The van der Waals surface area contributed by atoms with Crippen molar-refractivity contribution in [2.45, 2.75) is 12.5 Å². The van der Waals surface area contributed by atoms with Crippen molar-refractivity contribution in [3.8, 4) is 6.07 Å². The maximum atomic E-state index is 13.2. The van der Waals surface area contributed by atoms with E-state index in [0.717, 1.165) is 11.3 Å². The Labute approximate surface area is 121 Å². The van der Waals surface area contributed by atoms with Gasteiger partial charge in [-0.2, -0.15) is 5.26 Å². The highest BCUT2D eigenvalue weighted by molar-refractivity contribution is 5.98. The molecular formula is C16H12FN3O. The Morgan fingerprint density at radius 1 is 1.33 bits per heavy atom. The third-order valence-electron chi connectivity index (χ3n) is 3.44. The lowest BCUT2D eigenvalue weighted by molar-refractivity contribution is -0.116. The molecule has 1 unspecified atom stereocenters. The largest absolute Gasteiger partial charge is 0.373 e. The van der Waals surface area contributed by atoms with Crippen LogP contribution in [-0.4, -0.2) is 11.9 Å². The van der Waals surface area contributed by atoms with Gasteiger partial charge in [0.15, 0.2) is 0 Å². The first-order chi connectivity index (χ1) is 10.2. The van der Waals surface area contributed by atoms with Gasteiger partial charge in [0.25, 0.3) is 0 Å². The van der Waals surface area contributed by atoms with E-state index < -0.39 is 5.82 Å². The fraction of sp³-hybridized carbons (Fsp3) is 0.125. The fourth-order valence-corrected chi connectivity index (χ4v) is 2.37. The second kappa shape index (κ2) is 5.25. The number of hydrogen-bond donors (Lipinski definition) is 2. The summed E-state index contributed by atoms with van der Waals surface area (Å²) in [5.74, 6) is -0.802. The number of nitrogens with zero attached hydrogens (tertiary/aromatic N) is 1. The normalized spacial score (nSPS) is 15.7. The monoisotopic (exact) mass is 281 g/mol. The van der Waals surface area contributed by atoms with Crippen molar-refractivity contribution in [2.75, 3.05) is 10.6 Å². The highest BCUT2D eigenvalue weighted by Crippen LogP contribution is 2.26. The first kappa shape index (κ1) is 13.1. The molecule has 2 N–H and O–H groups in total. The van der Waals surface area contributed by atoms with Crippen LogP contribution in [0.3, 0.4) is 0 Å². The van der Waals surface area contributed by atoms with Gasteiger partial charge in [-0.3, -0.25) is 4.79 Å². The minimum Gasteiger partial charge on any atom is -0.373 e. The van der Waals surface area contributed by atoms with E-state index in [2.05, 4.69) is 10.6 Å². The Hall–Kier alpha value is -2.87. The Kier molecular flexibility index (Phi) is 3.28. The molecule has 0 fully saturated rings. The molecule has 3 rings (SSSR count). The smallest absolute Gasteiger partial charge is 0.247 e. The molecule has 21 heavy (non-hydrogen) atoms. The fourth-order valence-electron chi connectivity index (χ4n) is 2.37. The summed E-state index contributed by atoms with van der Waals surface area (Å²) < 4.78 is 13.2. The van der Waals surface area contributed by atoms with E-state index in [1.54, 1.807) is 6.07 Å². The first-order valence-corrected chi connectivity index (χ1v) is 6.52. The summed E-state index contributed by atoms with van der Waals surface area (Å²) in [6.07, 6.45) is 0.605. The van der Waals surface area contributed by atoms with Gasteiger partial charge in [-0.05, 0) is 29.8 Å². The maximum Gasteiger partial charge on any atom is 0.247 e. The number of nitriles is 1. The predicted molar refractivity (Wildman–Crippen MR) is 77.3 cm³/mol. The molecule has 2 aromatic carbocycles. The summed E-state index contributed by atoms with van der Waals surface area (Å²) in [7, 11) is 0. The molecular weight excluding hydrogens is 269 g/mol. The van der Waals surface area contributed by atoms with Crippen molar-refractivity contribution in [1.29, 1.82) is 5.26 Å². The molecule has 1 heterocycles. The van der Waals surface area contributed by atoms with Gasteiger partial charge in [0, 0.05) is 17.8 Å². The van der Waals surface area contributed by atoms with Crippen molar-refractivity contribution in [3.63, 3.8) is 0 Å². The number of anilines is 2. The highest BCUT2D eigenvalue weighted by Gasteiger charge is 2.26. The number of halogens is 1. The summed E-state index contributed by atoms with van der Waals surface area (Å²) in [6.45, 7) is 0. The Bertz CT molecular complexity index is 726. The van der Waals surface area contributed by atoms with Crippen molar-refractivity contribution >= 4 is 17.3 Å². The lowest BCUT2D eigenvalue weighted by atomic mass is 10.1. The van der Waals surface area contributed by atoms with Crippen molar-refractivity contribution in [3.05, 3.63) is 59.4 Å². The second-order valence-corrected chi connectivity index (χ2v) is 4.85. The van der Waals surface area contributed by atoms with Crippen LogP contribution >= 0.6 is 0 Å². The number of amides is 1. The average molecular weight is 281 g/mol. The molecule has 0 radical (unpaired) electrons. The Morgan fingerprint density at radius 3 is 2.90 bits per heavy atom. The molecule has 0 aromatic heterocycles. The topological polar surface area (TPSA) is 64.9 Å². The van der Waals surface area contributed by atoms with E-state index in [-0.39, 0.29) is 17.5 Å². The number of rotatable bonds is 2. The van der Waals surface area contributed by atoms with E-state index in [9.17, 15) is 9.18 Å². The molecule has 2 aromatic rings. The van der Waals surface area contributed by atoms with Crippen LogP contribution in [0.1, 0.15) is 11.1 Å². The van der Waals surface area contributed by atoms with Crippen LogP contribution in [0.15, 0.2) is 42.5 Å². The molecule has 0 saturated carbocycles. The molecule has 0 spiro atoms. The Balaban J connectivity index is 1.73. The molecule has 1 amide bonds. The van der Waals surface area contributed by atoms with E-state index in [4.69, 9.17) is 5.26 Å². The average Bonchev–Trinajstić information content (AvgIpc) is 2.93. The van der Waals surface area contributed by atoms with Crippen molar-refractivity contribution < 1.29 is 9.18 Å². The van der Waals surface area contributed by atoms with E-state index >= 15 is 0 Å². The molecule has 104 valence electrons. The lowest BCUT2D eigenvalue weighted by Gasteiger charge is -2.12. The van der Waals surface area contributed by atoms with Gasteiger partial charge in [0.05, 0.1) is 5.56 Å². The Morgan fingerprint density at radius 2 is 2.14 bits per heavy atom. The molecule has 1 aliphatic rings. The van der Waals surface area contributed by atoms with E-state index in [1.165, 1.54) is 18.2 Å². The number of benzene rings is 2. The molecule has 0 aliphatic carbocycles. The van der Waals surface area contributed by atoms with Crippen LogP contribution in [0.5, 0.6) is 0 Å². The number of nitrogens with one attached hydrogen (secondary N) is 2. The summed E-state index contributed by atoms with van der Waals surface area (Å²) in [5, 5.41) is 14.6.